The Labute approximate surface area is 127 Å². The highest BCUT2D eigenvalue weighted by Gasteiger charge is 2.18. The lowest BCUT2D eigenvalue weighted by Gasteiger charge is -2.11. The molecule has 0 spiro atoms. The van der Waals surface area contributed by atoms with Crippen LogP contribution in [-0.2, 0) is 0 Å². The fraction of sp³-hybridized carbons (Fsp3) is 0.200. The summed E-state index contributed by atoms with van der Waals surface area (Å²) >= 11 is 5.87. The summed E-state index contributed by atoms with van der Waals surface area (Å²) in [5, 5.41) is 14.2. The number of rotatable bonds is 5. The van der Waals surface area contributed by atoms with Crippen LogP contribution in [0, 0.1) is 10.1 Å². The summed E-state index contributed by atoms with van der Waals surface area (Å²) in [5.74, 6) is 0.746. The van der Waals surface area contributed by atoms with Gasteiger partial charge in [0.05, 0.1) is 11.0 Å². The van der Waals surface area contributed by atoms with E-state index in [1.54, 1.807) is 36.4 Å². The average Bonchev–Trinajstić information content (AvgIpc) is 2.40. The van der Waals surface area contributed by atoms with Gasteiger partial charge in [-0.1, -0.05) is 17.7 Å². The summed E-state index contributed by atoms with van der Waals surface area (Å²) in [5.41, 5.74) is 0.933. The van der Waals surface area contributed by atoms with Crippen molar-refractivity contribution in [3.63, 3.8) is 0 Å². The Kier molecular flexibility index (Phi) is 4.65. The van der Waals surface area contributed by atoms with Crippen LogP contribution in [0.3, 0.4) is 0 Å². The van der Waals surface area contributed by atoms with Crippen molar-refractivity contribution in [2.75, 3.05) is 5.32 Å². The number of halogens is 1. The zero-order valence-electron chi connectivity index (χ0n) is 11.7. The molecule has 0 saturated carbocycles. The van der Waals surface area contributed by atoms with Gasteiger partial charge in [-0.15, -0.1) is 0 Å². The lowest BCUT2D eigenvalue weighted by Crippen LogP contribution is -2.05. The standard InChI is InChI=1S/C15H15ClN2O3/c1-10(2)21-12-8-6-11(7-9-12)17-14-5-3-4-13(16)15(14)18(19)20/h3-10,17H,1-2H3. The second-order valence-corrected chi connectivity index (χ2v) is 5.12. The highest BCUT2D eigenvalue weighted by Crippen LogP contribution is 2.34. The number of nitro groups is 1. The zero-order valence-corrected chi connectivity index (χ0v) is 12.4. The fourth-order valence-corrected chi connectivity index (χ4v) is 2.09. The zero-order chi connectivity index (χ0) is 15.4. The Morgan fingerprint density at radius 3 is 2.43 bits per heavy atom. The number of benzene rings is 2. The van der Waals surface area contributed by atoms with Gasteiger partial charge in [-0.3, -0.25) is 10.1 Å². The van der Waals surface area contributed by atoms with Gasteiger partial charge in [-0.05, 0) is 50.2 Å². The van der Waals surface area contributed by atoms with Crippen LogP contribution >= 0.6 is 11.6 Å². The molecule has 0 aliphatic heterocycles. The van der Waals surface area contributed by atoms with Gasteiger partial charge in [0.25, 0.3) is 0 Å². The van der Waals surface area contributed by atoms with Gasteiger partial charge in [-0.25, -0.2) is 0 Å². The normalized spacial score (nSPS) is 10.5. The van der Waals surface area contributed by atoms with Crippen molar-refractivity contribution in [3.05, 3.63) is 57.6 Å². The Bertz CT molecular complexity index is 642. The largest absolute Gasteiger partial charge is 0.491 e. The smallest absolute Gasteiger partial charge is 0.311 e. The van der Waals surface area contributed by atoms with Gasteiger partial charge in [0.15, 0.2) is 0 Å². The third kappa shape index (κ3) is 3.86. The van der Waals surface area contributed by atoms with Crippen molar-refractivity contribution < 1.29 is 9.66 Å². The fourth-order valence-electron chi connectivity index (χ4n) is 1.85. The van der Waals surface area contributed by atoms with Crippen LogP contribution in [0.1, 0.15) is 13.8 Å². The van der Waals surface area contributed by atoms with Crippen LogP contribution in [0.2, 0.25) is 5.02 Å². The van der Waals surface area contributed by atoms with Crippen LogP contribution in [0.15, 0.2) is 42.5 Å². The molecule has 2 rings (SSSR count). The van der Waals surface area contributed by atoms with E-state index in [2.05, 4.69) is 5.32 Å². The molecule has 6 heteroatoms. The summed E-state index contributed by atoms with van der Waals surface area (Å²) in [4.78, 5) is 10.6. The molecule has 0 bridgehead atoms. The predicted molar refractivity (Wildman–Crippen MR) is 83.6 cm³/mol. The number of ether oxygens (including phenoxy) is 1. The maximum Gasteiger partial charge on any atom is 0.311 e. The van der Waals surface area contributed by atoms with Gasteiger partial charge in [0.1, 0.15) is 16.5 Å². The molecule has 21 heavy (non-hydrogen) atoms. The van der Waals surface area contributed by atoms with Gasteiger partial charge in [0, 0.05) is 5.69 Å². The molecular formula is C15H15ClN2O3. The van der Waals surface area contributed by atoms with E-state index in [9.17, 15) is 10.1 Å². The van der Waals surface area contributed by atoms with E-state index in [-0.39, 0.29) is 16.8 Å². The molecule has 0 saturated heterocycles. The summed E-state index contributed by atoms with van der Waals surface area (Å²) in [6.07, 6.45) is 0.0952. The lowest BCUT2D eigenvalue weighted by atomic mass is 10.2. The van der Waals surface area contributed by atoms with Crippen LogP contribution in [0.4, 0.5) is 17.1 Å². The van der Waals surface area contributed by atoms with Gasteiger partial charge < -0.3 is 10.1 Å². The first-order chi connectivity index (χ1) is 9.97. The monoisotopic (exact) mass is 306 g/mol. The van der Waals surface area contributed by atoms with E-state index in [1.165, 1.54) is 6.07 Å². The van der Waals surface area contributed by atoms with Crippen LogP contribution < -0.4 is 10.1 Å². The quantitative estimate of drug-likeness (QED) is 0.638. The molecule has 0 atom stereocenters. The van der Waals surface area contributed by atoms with Crippen LogP contribution in [-0.4, -0.2) is 11.0 Å². The Hall–Kier alpha value is -2.27. The molecule has 0 aromatic heterocycles. The molecule has 2 aromatic rings. The van der Waals surface area contributed by atoms with E-state index in [4.69, 9.17) is 16.3 Å². The van der Waals surface area contributed by atoms with Crippen molar-refractivity contribution in [2.24, 2.45) is 0 Å². The second kappa shape index (κ2) is 6.45. The van der Waals surface area contributed by atoms with Crippen molar-refractivity contribution in [2.45, 2.75) is 20.0 Å². The SMILES string of the molecule is CC(C)Oc1ccc(Nc2cccc(Cl)c2[N+](=O)[O-])cc1. The first kappa shape index (κ1) is 15.1. The van der Waals surface area contributed by atoms with E-state index in [0.29, 0.717) is 5.69 Å². The third-order valence-electron chi connectivity index (χ3n) is 2.67. The molecule has 0 aliphatic rings. The molecule has 5 nitrogen and oxygen atoms in total. The van der Waals surface area contributed by atoms with E-state index < -0.39 is 4.92 Å². The molecule has 0 fully saturated rings. The summed E-state index contributed by atoms with van der Waals surface area (Å²) in [6, 6.07) is 12.0. The van der Waals surface area contributed by atoms with Crippen molar-refractivity contribution >= 4 is 28.7 Å². The minimum Gasteiger partial charge on any atom is -0.491 e. The maximum absolute atomic E-state index is 11.1. The number of nitrogens with zero attached hydrogens (tertiary/aromatic N) is 1. The molecule has 0 amide bonds. The number of anilines is 2. The summed E-state index contributed by atoms with van der Waals surface area (Å²) in [6.45, 7) is 3.89. The summed E-state index contributed by atoms with van der Waals surface area (Å²) in [7, 11) is 0. The Morgan fingerprint density at radius 1 is 1.19 bits per heavy atom. The highest BCUT2D eigenvalue weighted by atomic mass is 35.5. The first-order valence-corrected chi connectivity index (χ1v) is 6.82. The highest BCUT2D eigenvalue weighted by molar-refractivity contribution is 6.33. The van der Waals surface area contributed by atoms with E-state index in [0.717, 1.165) is 11.4 Å². The van der Waals surface area contributed by atoms with Crippen LogP contribution in [0.25, 0.3) is 0 Å². The minimum absolute atomic E-state index is 0.0952. The van der Waals surface area contributed by atoms with Crippen molar-refractivity contribution in [1.82, 2.24) is 0 Å². The van der Waals surface area contributed by atoms with Gasteiger partial charge in [-0.2, -0.15) is 0 Å². The van der Waals surface area contributed by atoms with Crippen LogP contribution in [0.5, 0.6) is 5.75 Å². The molecule has 0 heterocycles. The average molecular weight is 307 g/mol. The second-order valence-electron chi connectivity index (χ2n) is 4.71. The van der Waals surface area contributed by atoms with E-state index in [1.807, 2.05) is 13.8 Å². The number of nitrogens with one attached hydrogen (secondary N) is 1. The minimum atomic E-state index is -0.499. The molecule has 2 aromatic carbocycles. The number of nitro benzene ring substituents is 1. The summed E-state index contributed by atoms with van der Waals surface area (Å²) < 4.78 is 5.54. The van der Waals surface area contributed by atoms with Gasteiger partial charge in [0.2, 0.25) is 0 Å². The Balaban J connectivity index is 2.22. The molecular weight excluding hydrogens is 292 g/mol. The lowest BCUT2D eigenvalue weighted by molar-refractivity contribution is -0.383. The van der Waals surface area contributed by atoms with Gasteiger partial charge >= 0.3 is 5.69 Å². The molecule has 1 N–H and O–H groups in total. The third-order valence-corrected chi connectivity index (χ3v) is 2.98. The molecule has 110 valence electrons. The molecule has 0 unspecified atom stereocenters. The topological polar surface area (TPSA) is 64.4 Å². The first-order valence-electron chi connectivity index (χ1n) is 6.44. The maximum atomic E-state index is 11.1. The van der Waals surface area contributed by atoms with E-state index >= 15 is 0 Å². The Morgan fingerprint density at radius 2 is 1.86 bits per heavy atom. The molecule has 0 aliphatic carbocycles. The van der Waals surface area contributed by atoms with Crippen molar-refractivity contribution in [3.8, 4) is 5.75 Å². The number of hydrogen-bond acceptors (Lipinski definition) is 4. The number of hydrogen-bond donors (Lipinski definition) is 1. The molecule has 0 radical (unpaired) electrons. The number of para-hydroxylation sites is 1. The predicted octanol–water partition coefficient (Wildman–Crippen LogP) is 4.78. The van der Waals surface area contributed by atoms with Crippen molar-refractivity contribution in [1.29, 1.82) is 0 Å².